The Morgan fingerprint density at radius 1 is 1.53 bits per heavy atom. The Balaban J connectivity index is 2.97. The number of hydrogen-bond acceptors (Lipinski definition) is 4. The molecule has 6 nitrogen and oxygen atoms in total. The van der Waals surface area contributed by atoms with E-state index in [1.54, 1.807) is 6.92 Å². The number of carbonyl (C=O) groups is 2. The van der Waals surface area contributed by atoms with Gasteiger partial charge in [0.05, 0.1) is 18.9 Å². The van der Waals surface area contributed by atoms with Gasteiger partial charge in [0.25, 0.3) is 5.91 Å². The van der Waals surface area contributed by atoms with Crippen molar-refractivity contribution >= 4 is 11.9 Å². The van der Waals surface area contributed by atoms with Crippen LogP contribution < -0.4 is 4.74 Å². The number of aliphatic carboxylic acids is 1. The second kappa shape index (κ2) is 5.83. The summed E-state index contributed by atoms with van der Waals surface area (Å²) in [6, 6.07) is 1.51. The van der Waals surface area contributed by atoms with E-state index < -0.39 is 5.97 Å². The fraction of sp³-hybridized carbons (Fsp3) is 0.364. The van der Waals surface area contributed by atoms with Crippen LogP contribution in [0.15, 0.2) is 18.5 Å². The quantitative estimate of drug-likeness (QED) is 0.814. The molecule has 0 saturated heterocycles. The van der Waals surface area contributed by atoms with E-state index >= 15 is 0 Å². The lowest BCUT2D eigenvalue weighted by atomic mass is 10.2. The Morgan fingerprint density at radius 2 is 2.24 bits per heavy atom. The van der Waals surface area contributed by atoms with Gasteiger partial charge in [0.2, 0.25) is 0 Å². The number of nitrogens with zero attached hydrogens (tertiary/aromatic N) is 2. The first-order valence-electron chi connectivity index (χ1n) is 5.09. The third-order valence-electron chi connectivity index (χ3n) is 2.23. The highest BCUT2D eigenvalue weighted by molar-refractivity contribution is 5.98. The number of pyridine rings is 1. The van der Waals surface area contributed by atoms with Crippen LogP contribution in [0.25, 0.3) is 0 Å². The zero-order chi connectivity index (χ0) is 12.8. The lowest BCUT2D eigenvalue weighted by Gasteiger charge is -2.19. The van der Waals surface area contributed by atoms with Crippen molar-refractivity contribution in [2.45, 2.75) is 6.92 Å². The number of carbonyl (C=O) groups excluding carboxylic acids is 1. The standard InChI is InChI=1S/C11H14N2O4/c1-3-13(7-10(14)15)11(16)8-4-5-12-6-9(8)17-2/h4-6H,3,7H2,1-2H3,(H,14,15). The van der Waals surface area contributed by atoms with Crippen LogP contribution in [0.5, 0.6) is 5.75 Å². The maximum Gasteiger partial charge on any atom is 0.323 e. The predicted molar refractivity (Wildman–Crippen MR) is 60.0 cm³/mol. The number of amides is 1. The fourth-order valence-corrected chi connectivity index (χ4v) is 1.38. The molecule has 0 unspecified atom stereocenters. The summed E-state index contributed by atoms with van der Waals surface area (Å²) in [5.74, 6) is -1.09. The van der Waals surface area contributed by atoms with Crippen molar-refractivity contribution in [3.05, 3.63) is 24.0 Å². The van der Waals surface area contributed by atoms with E-state index in [-0.39, 0.29) is 12.5 Å². The number of ether oxygens (including phenoxy) is 1. The minimum Gasteiger partial charge on any atom is -0.494 e. The van der Waals surface area contributed by atoms with Crippen molar-refractivity contribution in [3.8, 4) is 5.75 Å². The summed E-state index contributed by atoms with van der Waals surface area (Å²) in [4.78, 5) is 27.7. The molecule has 1 N–H and O–H groups in total. The Labute approximate surface area is 98.8 Å². The molecule has 1 heterocycles. The van der Waals surface area contributed by atoms with Crippen LogP contribution in [0.3, 0.4) is 0 Å². The summed E-state index contributed by atoms with van der Waals surface area (Å²) in [6.45, 7) is 1.70. The highest BCUT2D eigenvalue weighted by atomic mass is 16.5. The van der Waals surface area contributed by atoms with Crippen molar-refractivity contribution in [1.82, 2.24) is 9.88 Å². The van der Waals surface area contributed by atoms with Gasteiger partial charge in [-0.1, -0.05) is 0 Å². The fourth-order valence-electron chi connectivity index (χ4n) is 1.38. The second-order valence-corrected chi connectivity index (χ2v) is 3.29. The molecule has 17 heavy (non-hydrogen) atoms. The monoisotopic (exact) mass is 238 g/mol. The lowest BCUT2D eigenvalue weighted by Crippen LogP contribution is -2.35. The van der Waals surface area contributed by atoms with Gasteiger partial charge in [0, 0.05) is 12.7 Å². The maximum absolute atomic E-state index is 12.0. The molecule has 0 atom stereocenters. The number of likely N-dealkylation sites (N-methyl/N-ethyl adjacent to an activating group) is 1. The summed E-state index contributed by atoms with van der Waals surface area (Å²) < 4.78 is 5.01. The Kier molecular flexibility index (Phi) is 4.45. The maximum atomic E-state index is 12.0. The third kappa shape index (κ3) is 3.17. The van der Waals surface area contributed by atoms with E-state index in [2.05, 4.69) is 4.98 Å². The molecule has 6 heteroatoms. The molecule has 0 aliphatic rings. The minimum absolute atomic E-state index is 0.311. The van der Waals surface area contributed by atoms with E-state index in [1.165, 1.54) is 30.5 Å². The summed E-state index contributed by atoms with van der Waals surface area (Å²) in [5, 5.41) is 8.70. The van der Waals surface area contributed by atoms with Crippen molar-refractivity contribution < 1.29 is 19.4 Å². The molecule has 0 radical (unpaired) electrons. The van der Waals surface area contributed by atoms with E-state index in [1.807, 2.05) is 0 Å². The number of hydrogen-bond donors (Lipinski definition) is 1. The average molecular weight is 238 g/mol. The van der Waals surface area contributed by atoms with Crippen LogP contribution in [0.1, 0.15) is 17.3 Å². The van der Waals surface area contributed by atoms with Crippen molar-refractivity contribution in [1.29, 1.82) is 0 Å². The molecular formula is C11H14N2O4. The first kappa shape index (κ1) is 13.0. The van der Waals surface area contributed by atoms with Crippen LogP contribution in [-0.4, -0.2) is 47.1 Å². The van der Waals surface area contributed by atoms with Crippen LogP contribution in [0.4, 0.5) is 0 Å². The molecule has 0 fully saturated rings. The topological polar surface area (TPSA) is 79.7 Å². The Bertz CT molecular complexity index is 420. The Hall–Kier alpha value is -2.11. The first-order chi connectivity index (χ1) is 8.10. The minimum atomic E-state index is -1.05. The van der Waals surface area contributed by atoms with Crippen LogP contribution >= 0.6 is 0 Å². The third-order valence-corrected chi connectivity index (χ3v) is 2.23. The normalized spacial score (nSPS) is 9.76. The summed E-state index contributed by atoms with van der Waals surface area (Å²) in [6.07, 6.45) is 2.88. The number of rotatable bonds is 5. The molecule has 1 aromatic rings. The molecule has 0 aliphatic heterocycles. The van der Waals surface area contributed by atoms with Gasteiger partial charge in [-0.05, 0) is 13.0 Å². The van der Waals surface area contributed by atoms with Crippen molar-refractivity contribution in [2.24, 2.45) is 0 Å². The average Bonchev–Trinajstić information content (AvgIpc) is 2.34. The van der Waals surface area contributed by atoms with E-state index in [4.69, 9.17) is 9.84 Å². The van der Waals surface area contributed by atoms with Gasteiger partial charge in [0.1, 0.15) is 12.3 Å². The highest BCUT2D eigenvalue weighted by Crippen LogP contribution is 2.17. The van der Waals surface area contributed by atoms with Gasteiger partial charge in [-0.3, -0.25) is 14.6 Å². The highest BCUT2D eigenvalue weighted by Gasteiger charge is 2.20. The van der Waals surface area contributed by atoms with Gasteiger partial charge in [-0.2, -0.15) is 0 Å². The van der Waals surface area contributed by atoms with E-state index in [0.717, 1.165) is 0 Å². The largest absolute Gasteiger partial charge is 0.494 e. The predicted octanol–water partition coefficient (Wildman–Crippen LogP) is 0.637. The molecule has 1 aromatic heterocycles. The summed E-state index contributed by atoms with van der Waals surface area (Å²) in [5.41, 5.74) is 0.311. The smallest absolute Gasteiger partial charge is 0.323 e. The van der Waals surface area contributed by atoms with Gasteiger partial charge in [-0.25, -0.2) is 0 Å². The van der Waals surface area contributed by atoms with Crippen molar-refractivity contribution in [2.75, 3.05) is 20.2 Å². The SMILES string of the molecule is CCN(CC(=O)O)C(=O)c1ccncc1OC. The Morgan fingerprint density at radius 3 is 2.76 bits per heavy atom. The molecular weight excluding hydrogens is 224 g/mol. The van der Waals surface area contributed by atoms with Crippen LogP contribution in [-0.2, 0) is 4.79 Å². The van der Waals surface area contributed by atoms with E-state index in [0.29, 0.717) is 17.9 Å². The molecule has 0 aliphatic carbocycles. The molecule has 1 amide bonds. The number of carboxylic acid groups (broad SMARTS) is 1. The summed E-state index contributed by atoms with van der Waals surface area (Å²) in [7, 11) is 1.43. The number of methoxy groups -OCH3 is 1. The molecule has 0 aromatic carbocycles. The molecule has 92 valence electrons. The van der Waals surface area contributed by atoms with Crippen molar-refractivity contribution in [3.63, 3.8) is 0 Å². The molecule has 0 bridgehead atoms. The van der Waals surface area contributed by atoms with E-state index in [9.17, 15) is 9.59 Å². The zero-order valence-electron chi connectivity index (χ0n) is 9.71. The van der Waals surface area contributed by atoms with Crippen LogP contribution in [0, 0.1) is 0 Å². The molecule has 1 rings (SSSR count). The van der Waals surface area contributed by atoms with Gasteiger partial charge < -0.3 is 14.7 Å². The first-order valence-corrected chi connectivity index (χ1v) is 5.09. The molecule has 0 saturated carbocycles. The summed E-state index contributed by atoms with van der Waals surface area (Å²) >= 11 is 0. The second-order valence-electron chi connectivity index (χ2n) is 3.29. The zero-order valence-corrected chi connectivity index (χ0v) is 9.71. The number of carboxylic acids is 1. The van der Waals surface area contributed by atoms with Gasteiger partial charge in [-0.15, -0.1) is 0 Å². The van der Waals surface area contributed by atoms with Gasteiger partial charge >= 0.3 is 5.97 Å². The number of aromatic nitrogens is 1. The lowest BCUT2D eigenvalue weighted by molar-refractivity contribution is -0.137. The van der Waals surface area contributed by atoms with Gasteiger partial charge in [0.15, 0.2) is 0 Å². The van der Waals surface area contributed by atoms with Crippen LogP contribution in [0.2, 0.25) is 0 Å². The molecule has 0 spiro atoms.